The Hall–Kier alpha value is -1.00. The van der Waals surface area contributed by atoms with Gasteiger partial charge in [-0.05, 0) is 12.1 Å². The summed E-state index contributed by atoms with van der Waals surface area (Å²) in [7, 11) is 1.64. The van der Waals surface area contributed by atoms with Crippen LogP contribution in [-0.2, 0) is 5.88 Å². The van der Waals surface area contributed by atoms with Crippen molar-refractivity contribution in [3.05, 3.63) is 40.6 Å². The van der Waals surface area contributed by atoms with Gasteiger partial charge < -0.3 is 4.74 Å². The van der Waals surface area contributed by atoms with E-state index < -0.39 is 0 Å². The quantitative estimate of drug-likeness (QED) is 0.813. The number of rotatable bonds is 3. The molecule has 3 nitrogen and oxygen atoms in total. The Morgan fingerprint density at radius 1 is 1.44 bits per heavy atom. The number of aromatic nitrogens is 2. The minimum atomic E-state index is 0.463. The highest BCUT2D eigenvalue weighted by Gasteiger charge is 2.03. The molecule has 0 radical (unpaired) electrons. The zero-order chi connectivity index (χ0) is 11.5. The van der Waals surface area contributed by atoms with Gasteiger partial charge >= 0.3 is 0 Å². The summed E-state index contributed by atoms with van der Waals surface area (Å²) < 4.78 is 7.91. The van der Waals surface area contributed by atoms with E-state index in [4.69, 9.17) is 16.3 Å². The molecule has 0 atom stereocenters. The summed E-state index contributed by atoms with van der Waals surface area (Å²) in [6.45, 7) is 0. The number of halogens is 2. The van der Waals surface area contributed by atoms with Gasteiger partial charge in [0.15, 0.2) is 0 Å². The SMILES string of the molecule is COc1cc(Br)cc(-n2cc(CCl)cn2)c1. The van der Waals surface area contributed by atoms with Gasteiger partial charge in [0.05, 0.1) is 24.9 Å². The molecule has 0 N–H and O–H groups in total. The van der Waals surface area contributed by atoms with Gasteiger partial charge in [-0.1, -0.05) is 15.9 Å². The highest BCUT2D eigenvalue weighted by Crippen LogP contribution is 2.23. The van der Waals surface area contributed by atoms with Gasteiger partial charge in [0.2, 0.25) is 0 Å². The number of ether oxygens (including phenoxy) is 1. The second-order valence-electron chi connectivity index (χ2n) is 3.28. The summed E-state index contributed by atoms with van der Waals surface area (Å²) in [5.74, 6) is 1.25. The lowest BCUT2D eigenvalue weighted by atomic mass is 10.3. The van der Waals surface area contributed by atoms with Crippen molar-refractivity contribution in [1.29, 1.82) is 0 Å². The number of benzene rings is 1. The van der Waals surface area contributed by atoms with E-state index in [1.165, 1.54) is 0 Å². The van der Waals surface area contributed by atoms with Crippen LogP contribution in [-0.4, -0.2) is 16.9 Å². The summed E-state index contributed by atoms with van der Waals surface area (Å²) in [5, 5.41) is 4.23. The minimum absolute atomic E-state index is 0.463. The van der Waals surface area contributed by atoms with Crippen LogP contribution in [0.25, 0.3) is 5.69 Å². The molecule has 0 saturated heterocycles. The fourth-order valence-electron chi connectivity index (χ4n) is 1.37. The van der Waals surface area contributed by atoms with E-state index in [0.29, 0.717) is 5.88 Å². The Labute approximate surface area is 107 Å². The van der Waals surface area contributed by atoms with Gasteiger partial charge in [0.1, 0.15) is 5.75 Å². The molecule has 2 rings (SSSR count). The summed E-state index contributed by atoms with van der Waals surface area (Å²) in [5.41, 5.74) is 1.92. The molecule has 5 heteroatoms. The molecule has 0 amide bonds. The molecule has 0 spiro atoms. The van der Waals surface area contributed by atoms with Crippen LogP contribution in [0.15, 0.2) is 35.1 Å². The number of hydrogen-bond donors (Lipinski definition) is 0. The summed E-state index contributed by atoms with van der Waals surface area (Å²) >= 11 is 9.16. The summed E-state index contributed by atoms with van der Waals surface area (Å²) in [6.07, 6.45) is 3.65. The highest BCUT2D eigenvalue weighted by atomic mass is 79.9. The predicted octanol–water partition coefficient (Wildman–Crippen LogP) is 3.38. The standard InChI is InChI=1S/C11H10BrClN2O/c1-16-11-3-9(12)2-10(4-11)15-7-8(5-13)6-14-15/h2-4,6-7H,5H2,1H3. The molecule has 1 heterocycles. The molecule has 1 aromatic carbocycles. The fraction of sp³-hybridized carbons (Fsp3) is 0.182. The van der Waals surface area contributed by atoms with Crippen LogP contribution in [0, 0.1) is 0 Å². The van der Waals surface area contributed by atoms with Crippen LogP contribution < -0.4 is 4.74 Å². The maximum Gasteiger partial charge on any atom is 0.122 e. The topological polar surface area (TPSA) is 27.1 Å². The van der Waals surface area contributed by atoms with E-state index in [-0.39, 0.29) is 0 Å². The molecule has 0 saturated carbocycles. The molecule has 0 aliphatic carbocycles. The molecule has 0 bridgehead atoms. The van der Waals surface area contributed by atoms with E-state index in [0.717, 1.165) is 21.5 Å². The monoisotopic (exact) mass is 300 g/mol. The van der Waals surface area contributed by atoms with Crippen molar-refractivity contribution in [2.45, 2.75) is 5.88 Å². The van der Waals surface area contributed by atoms with E-state index in [9.17, 15) is 0 Å². The Balaban J connectivity index is 2.42. The predicted molar refractivity (Wildman–Crippen MR) is 67.4 cm³/mol. The lowest BCUT2D eigenvalue weighted by molar-refractivity contribution is 0.414. The van der Waals surface area contributed by atoms with Crippen molar-refractivity contribution in [2.75, 3.05) is 7.11 Å². The fourth-order valence-corrected chi connectivity index (χ4v) is 1.97. The van der Waals surface area contributed by atoms with Crippen LogP contribution in [0.2, 0.25) is 0 Å². The first kappa shape index (κ1) is 11.5. The summed E-state index contributed by atoms with van der Waals surface area (Å²) in [4.78, 5) is 0. The van der Waals surface area contributed by atoms with Gasteiger partial charge in [0.25, 0.3) is 0 Å². The second-order valence-corrected chi connectivity index (χ2v) is 4.46. The molecule has 0 aliphatic rings. The second kappa shape index (κ2) is 4.89. The van der Waals surface area contributed by atoms with Gasteiger partial charge in [-0.3, -0.25) is 0 Å². The number of alkyl halides is 1. The van der Waals surface area contributed by atoms with Gasteiger partial charge in [-0.2, -0.15) is 5.10 Å². The molecule has 0 fully saturated rings. The smallest absolute Gasteiger partial charge is 0.122 e. The number of methoxy groups -OCH3 is 1. The molecule has 16 heavy (non-hydrogen) atoms. The first-order chi connectivity index (χ1) is 7.72. The van der Waals surface area contributed by atoms with E-state index >= 15 is 0 Å². The third kappa shape index (κ3) is 2.39. The van der Waals surface area contributed by atoms with Crippen molar-refractivity contribution in [2.24, 2.45) is 0 Å². The van der Waals surface area contributed by atoms with E-state index in [1.54, 1.807) is 18.0 Å². The van der Waals surface area contributed by atoms with E-state index in [2.05, 4.69) is 21.0 Å². The van der Waals surface area contributed by atoms with Crippen molar-refractivity contribution >= 4 is 27.5 Å². The molecule has 0 aliphatic heterocycles. The van der Waals surface area contributed by atoms with Crippen molar-refractivity contribution in [3.8, 4) is 11.4 Å². The normalized spacial score (nSPS) is 10.4. The van der Waals surface area contributed by atoms with Gasteiger partial charge in [0, 0.05) is 22.3 Å². The zero-order valence-corrected chi connectivity index (χ0v) is 11.0. The van der Waals surface area contributed by atoms with Crippen molar-refractivity contribution in [1.82, 2.24) is 9.78 Å². The van der Waals surface area contributed by atoms with Crippen LogP contribution >= 0.6 is 27.5 Å². The molecule has 2 aromatic rings. The lowest BCUT2D eigenvalue weighted by Gasteiger charge is -2.05. The van der Waals surface area contributed by atoms with Crippen molar-refractivity contribution < 1.29 is 4.74 Å². The van der Waals surface area contributed by atoms with Crippen LogP contribution in [0.3, 0.4) is 0 Å². The first-order valence-electron chi connectivity index (χ1n) is 4.67. The first-order valence-corrected chi connectivity index (χ1v) is 6.00. The minimum Gasteiger partial charge on any atom is -0.497 e. The lowest BCUT2D eigenvalue weighted by Crippen LogP contribution is -1.95. The third-order valence-corrected chi connectivity index (χ3v) is 2.91. The molecular weight excluding hydrogens is 291 g/mol. The Morgan fingerprint density at radius 3 is 2.88 bits per heavy atom. The van der Waals surface area contributed by atoms with Crippen LogP contribution in [0.1, 0.15) is 5.56 Å². The maximum absolute atomic E-state index is 5.73. The Bertz CT molecular complexity index is 498. The zero-order valence-electron chi connectivity index (χ0n) is 8.65. The highest BCUT2D eigenvalue weighted by molar-refractivity contribution is 9.10. The largest absolute Gasteiger partial charge is 0.497 e. The average molecular weight is 302 g/mol. The number of nitrogens with zero attached hydrogens (tertiary/aromatic N) is 2. The van der Waals surface area contributed by atoms with E-state index in [1.807, 2.05) is 24.4 Å². The Kier molecular flexibility index (Phi) is 3.51. The van der Waals surface area contributed by atoms with Gasteiger partial charge in [-0.15, -0.1) is 11.6 Å². The Morgan fingerprint density at radius 2 is 2.25 bits per heavy atom. The van der Waals surface area contributed by atoms with Crippen molar-refractivity contribution in [3.63, 3.8) is 0 Å². The molecule has 1 aromatic heterocycles. The third-order valence-electron chi connectivity index (χ3n) is 2.15. The van der Waals surface area contributed by atoms with Crippen LogP contribution in [0.4, 0.5) is 0 Å². The molecule has 84 valence electrons. The molecule has 0 unspecified atom stereocenters. The van der Waals surface area contributed by atoms with Gasteiger partial charge in [-0.25, -0.2) is 4.68 Å². The number of hydrogen-bond acceptors (Lipinski definition) is 2. The molecular formula is C11H10BrClN2O. The maximum atomic E-state index is 5.73. The van der Waals surface area contributed by atoms with Crippen LogP contribution in [0.5, 0.6) is 5.75 Å². The summed E-state index contributed by atoms with van der Waals surface area (Å²) in [6, 6.07) is 5.78. The average Bonchev–Trinajstić information content (AvgIpc) is 2.76.